The van der Waals surface area contributed by atoms with Crippen molar-refractivity contribution in [3.05, 3.63) is 60.2 Å². The molecule has 0 atom stereocenters. The highest BCUT2D eigenvalue weighted by Gasteiger charge is 2.37. The van der Waals surface area contributed by atoms with Crippen LogP contribution in [0.3, 0.4) is 0 Å². The fourth-order valence-corrected chi connectivity index (χ4v) is 3.18. The molecule has 1 saturated carbocycles. The lowest BCUT2D eigenvalue weighted by molar-refractivity contribution is -0.121. The minimum atomic E-state index is -0.791. The molecule has 0 radical (unpaired) electrons. The first-order chi connectivity index (χ1) is 12.0. The number of carbonyl (C=O) groups excluding carboxylic acids is 2. The summed E-state index contributed by atoms with van der Waals surface area (Å²) in [4.78, 5) is 26.7. The van der Waals surface area contributed by atoms with Gasteiger partial charge in [-0.15, -0.1) is 12.4 Å². The third kappa shape index (κ3) is 4.23. The summed E-state index contributed by atoms with van der Waals surface area (Å²) < 4.78 is 0. The Morgan fingerprint density at radius 1 is 1.04 bits per heavy atom. The van der Waals surface area contributed by atoms with E-state index in [0.717, 1.165) is 18.5 Å². The highest BCUT2D eigenvalue weighted by Crippen LogP contribution is 2.28. The van der Waals surface area contributed by atoms with E-state index in [1.807, 2.05) is 30.3 Å². The fraction of sp³-hybridized carbons (Fsp3) is 0.300. The lowest BCUT2D eigenvalue weighted by Gasteiger charge is -2.22. The van der Waals surface area contributed by atoms with Gasteiger partial charge in [0.05, 0.1) is 5.54 Å². The van der Waals surface area contributed by atoms with Crippen LogP contribution in [0.4, 0.5) is 11.4 Å². The maximum atomic E-state index is 12.7. The fourth-order valence-electron chi connectivity index (χ4n) is 3.18. The number of carbonyl (C=O) groups is 2. The Labute approximate surface area is 160 Å². The lowest BCUT2D eigenvalue weighted by Crippen LogP contribution is -2.48. The standard InChI is InChI=1S/C20H23N3O2.ClH/c1-23(17-10-3-2-4-11-17)18(24)15-8-7-9-16(14-15)22-19(25)20(21)12-5-6-13-20;/h2-4,7-11,14H,5-6,12-13,21H2,1H3,(H,22,25);1H. The van der Waals surface area contributed by atoms with Gasteiger partial charge in [-0.3, -0.25) is 9.59 Å². The van der Waals surface area contributed by atoms with E-state index in [9.17, 15) is 9.59 Å². The number of amides is 2. The monoisotopic (exact) mass is 373 g/mol. The van der Waals surface area contributed by atoms with Gasteiger partial charge in [0, 0.05) is 24.0 Å². The maximum Gasteiger partial charge on any atom is 0.258 e. The molecule has 0 unspecified atom stereocenters. The number of hydrogen-bond acceptors (Lipinski definition) is 3. The van der Waals surface area contributed by atoms with Gasteiger partial charge in [0.1, 0.15) is 0 Å². The van der Waals surface area contributed by atoms with E-state index in [4.69, 9.17) is 5.73 Å². The van der Waals surface area contributed by atoms with Gasteiger partial charge in [0.2, 0.25) is 5.91 Å². The molecule has 0 aromatic heterocycles. The second kappa shape index (κ2) is 8.34. The van der Waals surface area contributed by atoms with E-state index in [1.165, 1.54) is 0 Å². The molecule has 0 bridgehead atoms. The molecule has 1 aliphatic carbocycles. The smallest absolute Gasteiger partial charge is 0.258 e. The predicted molar refractivity (Wildman–Crippen MR) is 107 cm³/mol. The van der Waals surface area contributed by atoms with Gasteiger partial charge < -0.3 is 16.0 Å². The first kappa shape index (κ1) is 19.9. The molecule has 0 saturated heterocycles. The van der Waals surface area contributed by atoms with Crippen molar-refractivity contribution in [1.29, 1.82) is 0 Å². The molecule has 2 aromatic carbocycles. The summed E-state index contributed by atoms with van der Waals surface area (Å²) in [6.07, 6.45) is 3.36. The zero-order valence-electron chi connectivity index (χ0n) is 14.8. The highest BCUT2D eigenvalue weighted by molar-refractivity contribution is 6.07. The molecule has 1 aliphatic rings. The van der Waals surface area contributed by atoms with Crippen LogP contribution in [0, 0.1) is 0 Å². The van der Waals surface area contributed by atoms with Crippen LogP contribution in [0.1, 0.15) is 36.0 Å². The van der Waals surface area contributed by atoms with Gasteiger partial charge in [-0.25, -0.2) is 0 Å². The van der Waals surface area contributed by atoms with E-state index < -0.39 is 5.54 Å². The Kier molecular flexibility index (Phi) is 6.40. The molecular weight excluding hydrogens is 350 g/mol. The number of anilines is 2. The summed E-state index contributed by atoms with van der Waals surface area (Å²) in [5, 5.41) is 2.86. The minimum absolute atomic E-state index is 0. The van der Waals surface area contributed by atoms with Crippen LogP contribution in [-0.2, 0) is 4.79 Å². The normalized spacial score (nSPS) is 15.0. The molecule has 26 heavy (non-hydrogen) atoms. The van der Waals surface area contributed by atoms with Crippen LogP contribution in [0.5, 0.6) is 0 Å². The van der Waals surface area contributed by atoms with E-state index in [0.29, 0.717) is 24.1 Å². The maximum absolute atomic E-state index is 12.7. The summed E-state index contributed by atoms with van der Waals surface area (Å²) in [7, 11) is 1.73. The van der Waals surface area contributed by atoms with Crippen molar-refractivity contribution >= 4 is 35.6 Å². The Bertz CT molecular complexity index is 774. The summed E-state index contributed by atoms with van der Waals surface area (Å²) in [5.74, 6) is -0.309. The molecule has 0 heterocycles. The second-order valence-electron chi connectivity index (χ2n) is 6.60. The quantitative estimate of drug-likeness (QED) is 0.859. The lowest BCUT2D eigenvalue weighted by atomic mass is 9.98. The first-order valence-corrected chi connectivity index (χ1v) is 8.53. The summed E-state index contributed by atoms with van der Waals surface area (Å²) in [5.41, 5.74) is 7.32. The Hall–Kier alpha value is -2.37. The van der Waals surface area contributed by atoms with Crippen molar-refractivity contribution < 1.29 is 9.59 Å². The van der Waals surface area contributed by atoms with Gasteiger partial charge in [0.15, 0.2) is 0 Å². The number of hydrogen-bond donors (Lipinski definition) is 2. The zero-order valence-corrected chi connectivity index (χ0v) is 15.6. The number of benzene rings is 2. The van der Waals surface area contributed by atoms with E-state index >= 15 is 0 Å². The largest absolute Gasteiger partial charge is 0.324 e. The van der Waals surface area contributed by atoms with Crippen LogP contribution in [0.2, 0.25) is 0 Å². The van der Waals surface area contributed by atoms with Crippen molar-refractivity contribution in [3.63, 3.8) is 0 Å². The Balaban J connectivity index is 0.00000243. The van der Waals surface area contributed by atoms with E-state index in [1.54, 1.807) is 36.2 Å². The molecule has 0 aliphatic heterocycles. The number of halogens is 1. The number of rotatable bonds is 4. The van der Waals surface area contributed by atoms with E-state index in [2.05, 4.69) is 5.32 Å². The molecule has 5 nitrogen and oxygen atoms in total. The molecule has 1 fully saturated rings. The Morgan fingerprint density at radius 2 is 1.69 bits per heavy atom. The molecule has 3 N–H and O–H groups in total. The molecular formula is C20H24ClN3O2. The summed E-state index contributed by atoms with van der Waals surface area (Å²) in [6.45, 7) is 0. The number of para-hydroxylation sites is 1. The van der Waals surface area contributed by atoms with Gasteiger partial charge in [-0.2, -0.15) is 0 Å². The molecule has 3 rings (SSSR count). The third-order valence-electron chi connectivity index (χ3n) is 4.76. The number of nitrogens with zero attached hydrogens (tertiary/aromatic N) is 1. The molecule has 2 amide bonds. The molecule has 0 spiro atoms. The van der Waals surface area contributed by atoms with Crippen LogP contribution in [0.25, 0.3) is 0 Å². The third-order valence-corrected chi connectivity index (χ3v) is 4.76. The van der Waals surface area contributed by atoms with Crippen molar-refractivity contribution in [1.82, 2.24) is 0 Å². The van der Waals surface area contributed by atoms with Crippen molar-refractivity contribution in [2.45, 2.75) is 31.2 Å². The Morgan fingerprint density at radius 3 is 2.35 bits per heavy atom. The second-order valence-corrected chi connectivity index (χ2v) is 6.60. The number of nitrogens with two attached hydrogens (primary N) is 1. The van der Waals surface area contributed by atoms with Crippen LogP contribution < -0.4 is 16.0 Å². The van der Waals surface area contributed by atoms with Crippen LogP contribution in [-0.4, -0.2) is 24.4 Å². The predicted octanol–water partition coefficient (Wildman–Crippen LogP) is 3.60. The van der Waals surface area contributed by atoms with Gasteiger partial charge >= 0.3 is 0 Å². The summed E-state index contributed by atoms with van der Waals surface area (Å²) in [6, 6.07) is 16.4. The van der Waals surface area contributed by atoms with E-state index in [-0.39, 0.29) is 24.2 Å². The van der Waals surface area contributed by atoms with Crippen LogP contribution >= 0.6 is 12.4 Å². The average molecular weight is 374 g/mol. The highest BCUT2D eigenvalue weighted by atomic mass is 35.5. The number of nitrogens with one attached hydrogen (secondary N) is 1. The van der Waals surface area contributed by atoms with Gasteiger partial charge in [0.25, 0.3) is 5.91 Å². The van der Waals surface area contributed by atoms with Gasteiger partial charge in [-0.05, 0) is 43.2 Å². The SMILES string of the molecule is CN(C(=O)c1cccc(NC(=O)C2(N)CCCC2)c1)c1ccccc1.Cl. The average Bonchev–Trinajstić information content (AvgIpc) is 3.09. The topological polar surface area (TPSA) is 75.4 Å². The molecule has 138 valence electrons. The van der Waals surface area contributed by atoms with Crippen LogP contribution in [0.15, 0.2) is 54.6 Å². The summed E-state index contributed by atoms with van der Waals surface area (Å²) >= 11 is 0. The van der Waals surface area contributed by atoms with Gasteiger partial charge in [-0.1, -0.05) is 37.1 Å². The van der Waals surface area contributed by atoms with Crippen molar-refractivity contribution in [3.8, 4) is 0 Å². The van der Waals surface area contributed by atoms with Crippen molar-refractivity contribution in [2.75, 3.05) is 17.3 Å². The zero-order chi connectivity index (χ0) is 17.9. The molecule has 2 aromatic rings. The molecule has 6 heteroatoms. The first-order valence-electron chi connectivity index (χ1n) is 8.53. The minimum Gasteiger partial charge on any atom is -0.324 e. The van der Waals surface area contributed by atoms with Crippen molar-refractivity contribution in [2.24, 2.45) is 5.73 Å².